The van der Waals surface area contributed by atoms with Crippen molar-refractivity contribution in [1.82, 2.24) is 4.90 Å². The number of hydrogen-bond acceptors (Lipinski definition) is 8. The quantitative estimate of drug-likeness (QED) is 0.450. The molecule has 0 spiro atoms. The smallest absolute Gasteiger partial charge is 0.294 e. The molecule has 3 N–H and O–H groups in total. The highest BCUT2D eigenvalue weighted by Crippen LogP contribution is 2.34. The molecular formula is C24H25N3O7S. The van der Waals surface area contributed by atoms with Crippen molar-refractivity contribution in [3.8, 4) is 17.2 Å². The molecule has 1 fully saturated rings. The number of nitrogens with zero attached hydrogens (tertiary/aromatic N) is 1. The number of hydrogen-bond donors (Lipinski definition) is 2. The van der Waals surface area contributed by atoms with Crippen LogP contribution >= 0.6 is 11.8 Å². The van der Waals surface area contributed by atoms with Crippen LogP contribution in [0.5, 0.6) is 17.2 Å². The van der Waals surface area contributed by atoms with Gasteiger partial charge in [0.15, 0.2) is 18.1 Å². The van der Waals surface area contributed by atoms with E-state index in [9.17, 15) is 19.2 Å². The number of primary amides is 1. The van der Waals surface area contributed by atoms with Gasteiger partial charge >= 0.3 is 0 Å². The van der Waals surface area contributed by atoms with Crippen molar-refractivity contribution in [2.45, 2.75) is 13.8 Å². The predicted octanol–water partition coefficient (Wildman–Crippen LogP) is 3.02. The summed E-state index contributed by atoms with van der Waals surface area (Å²) in [5, 5.41) is 2.11. The zero-order valence-electron chi connectivity index (χ0n) is 19.2. The molecule has 11 heteroatoms. The van der Waals surface area contributed by atoms with Gasteiger partial charge in [-0.1, -0.05) is 6.07 Å². The van der Waals surface area contributed by atoms with Crippen LogP contribution in [0.3, 0.4) is 0 Å². The molecule has 0 bridgehead atoms. The van der Waals surface area contributed by atoms with Crippen molar-refractivity contribution in [2.24, 2.45) is 5.73 Å². The van der Waals surface area contributed by atoms with Gasteiger partial charge in [-0.05, 0) is 73.6 Å². The number of ether oxygens (including phenoxy) is 3. The molecule has 3 rings (SSSR count). The summed E-state index contributed by atoms with van der Waals surface area (Å²) in [6, 6.07) is 11.6. The molecule has 10 nitrogen and oxygen atoms in total. The van der Waals surface area contributed by atoms with Crippen molar-refractivity contribution in [3.63, 3.8) is 0 Å². The molecule has 1 saturated heterocycles. The molecule has 2 aromatic carbocycles. The molecule has 1 aliphatic rings. The molecule has 0 unspecified atom stereocenters. The predicted molar refractivity (Wildman–Crippen MR) is 131 cm³/mol. The van der Waals surface area contributed by atoms with E-state index >= 15 is 0 Å². The molecule has 184 valence electrons. The number of carbonyl (C=O) groups excluding carboxylic acids is 4. The van der Waals surface area contributed by atoms with Crippen LogP contribution in [0.15, 0.2) is 47.4 Å². The molecule has 0 radical (unpaired) electrons. The number of thioether (sulfide) groups is 1. The molecule has 0 aromatic heterocycles. The lowest BCUT2D eigenvalue weighted by Crippen LogP contribution is -2.36. The Kier molecular flexibility index (Phi) is 8.74. The van der Waals surface area contributed by atoms with Gasteiger partial charge in [0.05, 0.1) is 18.1 Å². The normalized spacial score (nSPS) is 14.2. The molecule has 2 aromatic rings. The van der Waals surface area contributed by atoms with E-state index in [4.69, 9.17) is 19.9 Å². The number of rotatable bonds is 11. The zero-order valence-corrected chi connectivity index (χ0v) is 20.1. The second kappa shape index (κ2) is 11.9. The first-order valence-corrected chi connectivity index (χ1v) is 11.6. The summed E-state index contributed by atoms with van der Waals surface area (Å²) in [6.07, 6.45) is 1.52. The third-order valence-corrected chi connectivity index (χ3v) is 5.47. The fourth-order valence-electron chi connectivity index (χ4n) is 3.08. The van der Waals surface area contributed by atoms with E-state index in [-0.39, 0.29) is 11.5 Å². The van der Waals surface area contributed by atoms with E-state index in [1.807, 2.05) is 6.92 Å². The minimum atomic E-state index is -0.628. The average molecular weight is 500 g/mol. The first kappa shape index (κ1) is 25.6. The maximum atomic E-state index is 12.8. The summed E-state index contributed by atoms with van der Waals surface area (Å²) in [5.41, 5.74) is 6.20. The van der Waals surface area contributed by atoms with E-state index in [0.29, 0.717) is 41.7 Å². The van der Waals surface area contributed by atoms with Crippen molar-refractivity contribution >= 4 is 46.5 Å². The van der Waals surface area contributed by atoms with Crippen LogP contribution in [0.2, 0.25) is 0 Å². The van der Waals surface area contributed by atoms with Gasteiger partial charge < -0.3 is 25.3 Å². The van der Waals surface area contributed by atoms with Crippen LogP contribution in [0, 0.1) is 0 Å². The zero-order chi connectivity index (χ0) is 25.4. The monoisotopic (exact) mass is 499 g/mol. The lowest BCUT2D eigenvalue weighted by Gasteiger charge is -2.13. The van der Waals surface area contributed by atoms with Crippen LogP contribution in [0.4, 0.5) is 10.5 Å². The minimum absolute atomic E-state index is 0.164. The summed E-state index contributed by atoms with van der Waals surface area (Å²) in [7, 11) is 0. The standard InChI is InChI=1S/C24H25N3O7S/c1-3-32-17-8-6-16(7-9-17)26-22(29)13-27-23(30)20(35-24(27)31)12-15-5-10-18(34-14-21(25)28)19(11-15)33-4-2/h5-12H,3-4,13-14H2,1-2H3,(H2,25,28)(H,26,29)/b20-12+. The van der Waals surface area contributed by atoms with Crippen LogP contribution in [-0.4, -0.2) is 54.2 Å². The lowest BCUT2D eigenvalue weighted by atomic mass is 10.2. The van der Waals surface area contributed by atoms with Crippen LogP contribution in [0.1, 0.15) is 19.4 Å². The second-order valence-corrected chi connectivity index (χ2v) is 8.16. The number of imide groups is 1. The van der Waals surface area contributed by atoms with Gasteiger partial charge in [-0.15, -0.1) is 0 Å². The van der Waals surface area contributed by atoms with E-state index in [0.717, 1.165) is 16.7 Å². The highest BCUT2D eigenvalue weighted by molar-refractivity contribution is 8.18. The fourth-order valence-corrected chi connectivity index (χ4v) is 3.92. The molecule has 1 heterocycles. The topological polar surface area (TPSA) is 137 Å². The number of nitrogens with one attached hydrogen (secondary N) is 1. The van der Waals surface area contributed by atoms with Gasteiger partial charge in [0.25, 0.3) is 17.1 Å². The number of carbonyl (C=O) groups is 4. The van der Waals surface area contributed by atoms with E-state index in [2.05, 4.69) is 5.32 Å². The Morgan fingerprint density at radius 2 is 1.71 bits per heavy atom. The molecule has 1 aliphatic heterocycles. The van der Waals surface area contributed by atoms with Crippen molar-refractivity contribution < 1.29 is 33.4 Å². The lowest BCUT2D eigenvalue weighted by molar-refractivity contribution is -0.127. The highest BCUT2D eigenvalue weighted by Gasteiger charge is 2.36. The summed E-state index contributed by atoms with van der Waals surface area (Å²) >= 11 is 0.739. The van der Waals surface area contributed by atoms with Gasteiger partial charge in [0, 0.05) is 5.69 Å². The van der Waals surface area contributed by atoms with Gasteiger partial charge in [-0.25, -0.2) is 0 Å². The Hall–Kier alpha value is -3.99. The third kappa shape index (κ3) is 7.00. The van der Waals surface area contributed by atoms with Gasteiger partial charge in [0.1, 0.15) is 12.3 Å². The number of amides is 4. The average Bonchev–Trinajstić information content (AvgIpc) is 3.07. The number of anilines is 1. The maximum Gasteiger partial charge on any atom is 0.294 e. The molecule has 0 atom stereocenters. The Morgan fingerprint density at radius 3 is 2.37 bits per heavy atom. The first-order chi connectivity index (χ1) is 16.8. The first-order valence-electron chi connectivity index (χ1n) is 10.8. The highest BCUT2D eigenvalue weighted by atomic mass is 32.2. The van der Waals surface area contributed by atoms with Crippen LogP contribution < -0.4 is 25.3 Å². The summed E-state index contributed by atoms with van der Waals surface area (Å²) in [4.78, 5) is 49.7. The van der Waals surface area contributed by atoms with E-state index in [1.165, 1.54) is 6.08 Å². The molecule has 35 heavy (non-hydrogen) atoms. The Bertz CT molecular complexity index is 1150. The Labute approximate surface area is 206 Å². The van der Waals surface area contributed by atoms with Crippen LogP contribution in [0.25, 0.3) is 6.08 Å². The van der Waals surface area contributed by atoms with Crippen LogP contribution in [-0.2, 0) is 14.4 Å². The SMILES string of the molecule is CCOc1ccc(NC(=O)CN2C(=O)S/C(=C/c3ccc(OCC(N)=O)c(OCC)c3)C2=O)cc1. The summed E-state index contributed by atoms with van der Waals surface area (Å²) in [6.45, 7) is 3.80. The largest absolute Gasteiger partial charge is 0.494 e. The molecule has 4 amide bonds. The fraction of sp³-hybridized carbons (Fsp3) is 0.250. The summed E-state index contributed by atoms with van der Waals surface area (Å²) in [5.74, 6) is -0.363. The minimum Gasteiger partial charge on any atom is -0.494 e. The van der Waals surface area contributed by atoms with E-state index in [1.54, 1.807) is 49.4 Å². The molecule has 0 saturated carbocycles. The molecule has 0 aliphatic carbocycles. The van der Waals surface area contributed by atoms with Crippen molar-refractivity contribution in [2.75, 3.05) is 31.7 Å². The second-order valence-electron chi connectivity index (χ2n) is 7.17. The van der Waals surface area contributed by atoms with Crippen molar-refractivity contribution in [1.29, 1.82) is 0 Å². The molecular weight excluding hydrogens is 474 g/mol. The number of nitrogens with two attached hydrogens (primary N) is 1. The van der Waals surface area contributed by atoms with Gasteiger partial charge in [-0.2, -0.15) is 0 Å². The summed E-state index contributed by atoms with van der Waals surface area (Å²) < 4.78 is 16.2. The van der Waals surface area contributed by atoms with Gasteiger partial charge in [-0.3, -0.25) is 24.1 Å². The van der Waals surface area contributed by atoms with Crippen molar-refractivity contribution in [3.05, 3.63) is 52.9 Å². The number of benzene rings is 2. The third-order valence-electron chi connectivity index (χ3n) is 4.56. The maximum absolute atomic E-state index is 12.8. The van der Waals surface area contributed by atoms with E-state index < -0.39 is 29.5 Å². The Morgan fingerprint density at radius 1 is 1.00 bits per heavy atom. The van der Waals surface area contributed by atoms with Gasteiger partial charge in [0.2, 0.25) is 5.91 Å². The Balaban J connectivity index is 1.68.